The highest BCUT2D eigenvalue weighted by Gasteiger charge is 2.32. The Hall–Kier alpha value is -2.15. The first-order chi connectivity index (χ1) is 11.0. The van der Waals surface area contributed by atoms with Crippen LogP contribution in [0, 0.1) is 5.92 Å². The Labute approximate surface area is 139 Å². The van der Waals surface area contributed by atoms with E-state index >= 15 is 0 Å². The second kappa shape index (κ2) is 7.92. The molecular formula is C16H20N4O2S. The summed E-state index contributed by atoms with van der Waals surface area (Å²) in [4.78, 5) is 23.9. The van der Waals surface area contributed by atoms with Crippen molar-refractivity contribution in [2.75, 3.05) is 5.32 Å². The molecule has 0 bridgehead atoms. The average molecular weight is 332 g/mol. The predicted molar refractivity (Wildman–Crippen MR) is 94.6 cm³/mol. The first-order valence-corrected chi connectivity index (χ1v) is 8.28. The maximum absolute atomic E-state index is 12.0. The summed E-state index contributed by atoms with van der Waals surface area (Å²) >= 11 is 1.23. The number of amidine groups is 1. The predicted octanol–water partition coefficient (Wildman–Crippen LogP) is 2.63. The fourth-order valence-corrected chi connectivity index (χ4v) is 2.65. The monoisotopic (exact) mass is 332 g/mol. The molecular weight excluding hydrogens is 312 g/mol. The van der Waals surface area contributed by atoms with E-state index < -0.39 is 5.25 Å². The van der Waals surface area contributed by atoms with Crippen molar-refractivity contribution in [2.24, 2.45) is 16.1 Å². The minimum atomic E-state index is -0.480. The molecule has 1 heterocycles. The average Bonchev–Trinajstić information content (AvgIpc) is 2.85. The number of anilines is 1. The third-order valence-corrected chi connectivity index (χ3v) is 4.41. The number of hydrogen-bond acceptors (Lipinski definition) is 5. The van der Waals surface area contributed by atoms with Gasteiger partial charge in [-0.05, 0) is 25.0 Å². The summed E-state index contributed by atoms with van der Waals surface area (Å²) in [6.45, 7) is 5.94. The molecule has 0 spiro atoms. The highest BCUT2D eigenvalue weighted by molar-refractivity contribution is 8.15. The van der Waals surface area contributed by atoms with Crippen LogP contribution in [0.3, 0.4) is 0 Å². The van der Waals surface area contributed by atoms with Gasteiger partial charge in [-0.15, -0.1) is 5.10 Å². The van der Waals surface area contributed by atoms with E-state index in [1.54, 1.807) is 12.1 Å². The fourth-order valence-electron chi connectivity index (χ4n) is 1.73. The molecule has 0 saturated carbocycles. The molecule has 2 rings (SSSR count). The van der Waals surface area contributed by atoms with E-state index in [2.05, 4.69) is 20.8 Å². The van der Waals surface area contributed by atoms with Crippen molar-refractivity contribution >= 4 is 40.1 Å². The number of carbonyl (C=O) groups excluding carboxylic acids is 2. The van der Waals surface area contributed by atoms with E-state index in [-0.39, 0.29) is 18.2 Å². The van der Waals surface area contributed by atoms with Gasteiger partial charge >= 0.3 is 0 Å². The number of thioether (sulfide) groups is 1. The molecule has 1 saturated heterocycles. The Bertz CT molecular complexity index is 641. The molecule has 0 radical (unpaired) electrons. The lowest BCUT2D eigenvalue weighted by Crippen LogP contribution is -2.28. The number of amides is 2. The molecule has 2 N–H and O–H groups in total. The zero-order valence-electron chi connectivity index (χ0n) is 13.4. The summed E-state index contributed by atoms with van der Waals surface area (Å²) in [6.07, 6.45) is 0.0945. The van der Waals surface area contributed by atoms with Crippen molar-refractivity contribution in [2.45, 2.75) is 32.4 Å². The number of carbonyl (C=O) groups is 2. The van der Waals surface area contributed by atoms with E-state index in [4.69, 9.17) is 0 Å². The van der Waals surface area contributed by atoms with Gasteiger partial charge in [0.25, 0.3) is 0 Å². The number of nitrogens with one attached hydrogen (secondary N) is 2. The Kier molecular flexibility index (Phi) is 5.92. The highest BCUT2D eigenvalue weighted by atomic mass is 32.2. The first kappa shape index (κ1) is 17.2. The quantitative estimate of drug-likeness (QED) is 0.642. The fraction of sp³-hybridized carbons (Fsp3) is 0.375. The third kappa shape index (κ3) is 5.21. The van der Waals surface area contributed by atoms with Crippen LogP contribution in [0.15, 0.2) is 40.5 Å². The number of para-hydroxylation sites is 1. The van der Waals surface area contributed by atoms with Crippen LogP contribution in [0.5, 0.6) is 0 Å². The van der Waals surface area contributed by atoms with Crippen LogP contribution < -0.4 is 10.6 Å². The summed E-state index contributed by atoms with van der Waals surface area (Å²) in [5, 5.41) is 13.5. The smallest absolute Gasteiger partial charge is 0.240 e. The second-order valence-corrected chi connectivity index (χ2v) is 6.71. The van der Waals surface area contributed by atoms with Gasteiger partial charge in [-0.3, -0.25) is 9.59 Å². The largest absolute Gasteiger partial charge is 0.326 e. The van der Waals surface area contributed by atoms with Gasteiger partial charge in [0.1, 0.15) is 5.25 Å². The summed E-state index contributed by atoms with van der Waals surface area (Å²) in [7, 11) is 0. The maximum Gasteiger partial charge on any atom is 0.240 e. The van der Waals surface area contributed by atoms with Crippen LogP contribution in [0.4, 0.5) is 5.69 Å². The van der Waals surface area contributed by atoms with Gasteiger partial charge in [0, 0.05) is 17.8 Å². The molecule has 1 aliphatic heterocycles. The SMILES string of the molecule is C/C(=N\N=C1\NC(=O)C(CC(=O)Nc2ccccc2)S1)C(C)C. The lowest BCUT2D eigenvalue weighted by atomic mass is 10.1. The van der Waals surface area contributed by atoms with Crippen molar-refractivity contribution in [3.63, 3.8) is 0 Å². The van der Waals surface area contributed by atoms with E-state index in [0.717, 1.165) is 5.71 Å². The summed E-state index contributed by atoms with van der Waals surface area (Å²) in [6, 6.07) is 9.16. The molecule has 0 aliphatic carbocycles. The molecule has 1 aliphatic rings. The molecule has 1 aromatic rings. The Morgan fingerprint density at radius 2 is 2.04 bits per heavy atom. The summed E-state index contributed by atoms with van der Waals surface area (Å²) < 4.78 is 0. The van der Waals surface area contributed by atoms with E-state index in [9.17, 15) is 9.59 Å². The van der Waals surface area contributed by atoms with Crippen LogP contribution in [0.2, 0.25) is 0 Å². The van der Waals surface area contributed by atoms with Crippen LogP contribution in [0.1, 0.15) is 27.2 Å². The van der Waals surface area contributed by atoms with Crippen LogP contribution in [-0.2, 0) is 9.59 Å². The number of nitrogens with zero attached hydrogens (tertiary/aromatic N) is 2. The van der Waals surface area contributed by atoms with Gasteiger partial charge in [-0.1, -0.05) is 43.8 Å². The van der Waals surface area contributed by atoms with Gasteiger partial charge in [0.2, 0.25) is 11.8 Å². The lowest BCUT2D eigenvalue weighted by molar-refractivity contribution is -0.122. The molecule has 1 fully saturated rings. The topological polar surface area (TPSA) is 82.9 Å². The molecule has 6 nitrogen and oxygen atoms in total. The Morgan fingerprint density at radius 1 is 1.35 bits per heavy atom. The maximum atomic E-state index is 12.0. The van der Waals surface area contributed by atoms with Crippen molar-refractivity contribution < 1.29 is 9.59 Å². The lowest BCUT2D eigenvalue weighted by Gasteiger charge is -2.06. The molecule has 23 heavy (non-hydrogen) atoms. The summed E-state index contributed by atoms with van der Waals surface area (Å²) in [5.74, 6) is -0.116. The van der Waals surface area contributed by atoms with Crippen molar-refractivity contribution in [3.8, 4) is 0 Å². The Morgan fingerprint density at radius 3 is 2.70 bits per heavy atom. The van der Waals surface area contributed by atoms with Crippen molar-refractivity contribution in [1.82, 2.24) is 5.32 Å². The zero-order valence-corrected chi connectivity index (χ0v) is 14.2. The van der Waals surface area contributed by atoms with Gasteiger partial charge in [-0.25, -0.2) is 0 Å². The van der Waals surface area contributed by atoms with Crippen LogP contribution in [0.25, 0.3) is 0 Å². The molecule has 1 atom stereocenters. The van der Waals surface area contributed by atoms with Crippen LogP contribution in [-0.4, -0.2) is 27.9 Å². The molecule has 2 amide bonds. The number of benzene rings is 1. The van der Waals surface area contributed by atoms with Crippen LogP contribution >= 0.6 is 11.8 Å². The molecule has 1 unspecified atom stereocenters. The van der Waals surface area contributed by atoms with Gasteiger partial charge in [0.05, 0.1) is 0 Å². The molecule has 1 aromatic carbocycles. The first-order valence-electron chi connectivity index (χ1n) is 7.40. The van der Waals surface area contributed by atoms with Gasteiger partial charge < -0.3 is 10.6 Å². The molecule has 0 aromatic heterocycles. The highest BCUT2D eigenvalue weighted by Crippen LogP contribution is 2.23. The number of rotatable bonds is 5. The van der Waals surface area contributed by atoms with Gasteiger partial charge in [-0.2, -0.15) is 5.10 Å². The van der Waals surface area contributed by atoms with E-state index in [1.165, 1.54) is 11.8 Å². The van der Waals surface area contributed by atoms with E-state index in [1.807, 2.05) is 39.0 Å². The minimum absolute atomic E-state index is 0.0945. The molecule has 7 heteroatoms. The standard InChI is InChI=1S/C16H20N4O2S/c1-10(2)11(3)19-20-16-18-15(22)13(23-16)9-14(21)17-12-7-5-4-6-8-12/h4-8,10,13H,9H2,1-3H3,(H,17,21)(H,18,20,22)/b19-11+. The Balaban J connectivity index is 1.92. The molecule has 122 valence electrons. The minimum Gasteiger partial charge on any atom is -0.326 e. The van der Waals surface area contributed by atoms with Crippen molar-refractivity contribution in [1.29, 1.82) is 0 Å². The van der Waals surface area contributed by atoms with Gasteiger partial charge in [0.15, 0.2) is 5.17 Å². The second-order valence-electron chi connectivity index (χ2n) is 5.52. The third-order valence-electron chi connectivity index (χ3n) is 3.34. The van der Waals surface area contributed by atoms with Crippen molar-refractivity contribution in [3.05, 3.63) is 30.3 Å². The summed E-state index contributed by atoms with van der Waals surface area (Å²) in [5.41, 5.74) is 1.60. The van der Waals surface area contributed by atoms with E-state index in [0.29, 0.717) is 16.8 Å². The zero-order chi connectivity index (χ0) is 16.8. The number of hydrogen-bond donors (Lipinski definition) is 2. The normalized spacial score (nSPS) is 20.0.